The second-order valence-corrected chi connectivity index (χ2v) is 5.84. The molecule has 0 aromatic heterocycles. The first-order valence-corrected chi connectivity index (χ1v) is 8.41. The molecule has 0 aliphatic heterocycles. The Kier molecular flexibility index (Phi) is 16.5. The largest absolute Gasteiger partial charge is 1.00 e. The summed E-state index contributed by atoms with van der Waals surface area (Å²) < 4.78 is 34.3. The van der Waals surface area contributed by atoms with Crippen molar-refractivity contribution in [2.24, 2.45) is 0 Å². The van der Waals surface area contributed by atoms with Crippen molar-refractivity contribution in [1.82, 2.24) is 0 Å². The van der Waals surface area contributed by atoms with Gasteiger partial charge >= 0.3 is 29.6 Å². The van der Waals surface area contributed by atoms with Gasteiger partial charge < -0.3 is 4.55 Å². The molecule has 0 N–H and O–H groups in total. The molecule has 0 spiro atoms. The van der Waals surface area contributed by atoms with Gasteiger partial charge in [-0.3, -0.25) is 8.98 Å². The van der Waals surface area contributed by atoms with Crippen molar-refractivity contribution >= 4 is 16.2 Å². The fourth-order valence-electron chi connectivity index (χ4n) is 1.84. The van der Waals surface area contributed by atoms with E-state index in [1.54, 1.807) is 0 Å². The van der Waals surface area contributed by atoms with Gasteiger partial charge in [0.2, 0.25) is 10.4 Å². The summed E-state index contributed by atoms with van der Waals surface area (Å²) in [5.74, 6) is -0.331. The maximum absolute atomic E-state index is 11.2. The van der Waals surface area contributed by atoms with E-state index in [4.69, 9.17) is 0 Å². The minimum atomic E-state index is -4.74. The quantitative estimate of drug-likeness (QED) is 0.206. The summed E-state index contributed by atoms with van der Waals surface area (Å²) in [6, 6.07) is 0. The van der Waals surface area contributed by atoms with Gasteiger partial charge in [-0.15, -0.1) is 0 Å². The van der Waals surface area contributed by atoms with E-state index < -0.39 is 17.0 Å². The third-order valence-corrected chi connectivity index (χ3v) is 3.33. The number of rotatable bonds is 13. The molecule has 20 heavy (non-hydrogen) atoms. The van der Waals surface area contributed by atoms with Gasteiger partial charge in [0.25, 0.3) is 0 Å². The van der Waals surface area contributed by atoms with Crippen LogP contribution in [-0.4, -0.2) is 25.4 Å². The van der Waals surface area contributed by atoms with Crippen molar-refractivity contribution in [3.8, 4) is 0 Å². The maximum atomic E-state index is 11.2. The molecule has 7 heteroatoms. The molecule has 0 heterocycles. The van der Waals surface area contributed by atoms with Gasteiger partial charge in [-0.25, -0.2) is 8.42 Å². The van der Waals surface area contributed by atoms with Crippen LogP contribution >= 0.6 is 0 Å². The SMILES string of the molecule is CCCCCCCCCCCC(=O)COS(=O)(=O)[O-].[Na+]. The monoisotopic (exact) mass is 316 g/mol. The Labute approximate surface area is 145 Å². The average molecular weight is 316 g/mol. The van der Waals surface area contributed by atoms with Crippen LogP contribution in [0.5, 0.6) is 0 Å². The van der Waals surface area contributed by atoms with Gasteiger partial charge in [-0.1, -0.05) is 58.3 Å². The molecule has 0 aromatic carbocycles. The zero-order chi connectivity index (χ0) is 14.6. The normalized spacial score (nSPS) is 11.1. The summed E-state index contributed by atoms with van der Waals surface area (Å²) in [6.07, 6.45) is 10.6. The fourth-order valence-corrected chi connectivity index (χ4v) is 2.12. The van der Waals surface area contributed by atoms with Crippen molar-refractivity contribution in [3.63, 3.8) is 0 Å². The molecule has 114 valence electrons. The van der Waals surface area contributed by atoms with Gasteiger partial charge in [0, 0.05) is 6.42 Å². The zero-order valence-corrected chi connectivity index (χ0v) is 15.5. The summed E-state index contributed by atoms with van der Waals surface area (Å²) >= 11 is 0. The fraction of sp³-hybridized carbons (Fsp3) is 0.923. The van der Waals surface area contributed by atoms with E-state index in [0.29, 0.717) is 0 Å². The summed E-state index contributed by atoms with van der Waals surface area (Å²) in [4.78, 5) is 11.2. The Bertz CT molecular complexity index is 330. The van der Waals surface area contributed by atoms with Crippen LogP contribution in [-0.2, 0) is 19.4 Å². The van der Waals surface area contributed by atoms with Crippen molar-refractivity contribution in [2.75, 3.05) is 6.61 Å². The molecule has 0 aliphatic carbocycles. The summed E-state index contributed by atoms with van der Waals surface area (Å²) in [5.41, 5.74) is 0. The summed E-state index contributed by atoms with van der Waals surface area (Å²) in [7, 11) is -4.74. The third-order valence-electron chi connectivity index (χ3n) is 2.92. The molecule has 0 saturated heterocycles. The number of ketones is 1. The molecular weight excluding hydrogens is 291 g/mol. The molecular formula is C13H25NaO5S. The molecule has 0 amide bonds. The Balaban J connectivity index is 0. The second kappa shape index (κ2) is 14.5. The molecule has 0 fully saturated rings. The maximum Gasteiger partial charge on any atom is 1.00 e. The van der Waals surface area contributed by atoms with Crippen molar-refractivity contribution in [3.05, 3.63) is 0 Å². The smallest absolute Gasteiger partial charge is 0.726 e. The summed E-state index contributed by atoms with van der Waals surface area (Å²) in [6.45, 7) is 1.57. The molecule has 0 saturated carbocycles. The first-order valence-electron chi connectivity index (χ1n) is 7.07. The second-order valence-electron chi connectivity index (χ2n) is 4.79. The van der Waals surface area contributed by atoms with E-state index in [9.17, 15) is 17.8 Å². The molecule has 0 rings (SSSR count). The predicted molar refractivity (Wildman–Crippen MR) is 72.5 cm³/mol. The van der Waals surface area contributed by atoms with E-state index in [0.717, 1.165) is 19.3 Å². The van der Waals surface area contributed by atoms with E-state index in [1.807, 2.05) is 0 Å². The third kappa shape index (κ3) is 18.5. The minimum absolute atomic E-state index is 0. The van der Waals surface area contributed by atoms with Gasteiger partial charge in [0.15, 0.2) is 5.78 Å². The van der Waals surface area contributed by atoms with Crippen LogP contribution in [0.4, 0.5) is 0 Å². The van der Waals surface area contributed by atoms with Crippen LogP contribution in [0, 0.1) is 0 Å². The first-order chi connectivity index (χ1) is 8.95. The number of unbranched alkanes of at least 4 members (excludes halogenated alkanes) is 8. The average Bonchev–Trinajstić information content (AvgIpc) is 2.33. The summed E-state index contributed by atoms with van der Waals surface area (Å²) in [5, 5.41) is 0. The Morgan fingerprint density at radius 3 is 1.85 bits per heavy atom. The molecule has 0 atom stereocenters. The van der Waals surface area contributed by atoms with Gasteiger partial charge in [0.1, 0.15) is 6.61 Å². The number of hydrogen-bond donors (Lipinski definition) is 0. The molecule has 0 aliphatic rings. The van der Waals surface area contributed by atoms with Crippen LogP contribution < -0.4 is 29.6 Å². The van der Waals surface area contributed by atoms with Gasteiger partial charge in [0.05, 0.1) is 0 Å². The number of Topliss-reactive ketones (excluding diaryl/α,β-unsaturated/α-hetero) is 1. The molecule has 0 bridgehead atoms. The van der Waals surface area contributed by atoms with Gasteiger partial charge in [-0.2, -0.15) is 0 Å². The van der Waals surface area contributed by atoms with Crippen LogP contribution in [0.1, 0.15) is 71.1 Å². The van der Waals surface area contributed by atoms with E-state index in [-0.39, 0.29) is 41.8 Å². The van der Waals surface area contributed by atoms with Crippen molar-refractivity contribution < 1.29 is 51.5 Å². The van der Waals surface area contributed by atoms with Crippen LogP contribution in [0.2, 0.25) is 0 Å². The Morgan fingerprint density at radius 1 is 0.950 bits per heavy atom. The van der Waals surface area contributed by atoms with E-state index in [1.165, 1.54) is 38.5 Å². The standard InChI is InChI=1S/C13H26O5S.Na/c1-2-3-4-5-6-7-8-9-10-11-13(14)12-18-19(15,16)17;/h2-12H2,1H3,(H,15,16,17);/q;+1/p-1. The number of hydrogen-bond acceptors (Lipinski definition) is 5. The van der Waals surface area contributed by atoms with Crippen molar-refractivity contribution in [1.29, 1.82) is 0 Å². The molecule has 0 radical (unpaired) electrons. The minimum Gasteiger partial charge on any atom is -0.726 e. The Morgan fingerprint density at radius 2 is 1.40 bits per heavy atom. The van der Waals surface area contributed by atoms with Crippen LogP contribution in [0.15, 0.2) is 0 Å². The molecule has 5 nitrogen and oxygen atoms in total. The molecule has 0 unspecified atom stereocenters. The zero-order valence-electron chi connectivity index (χ0n) is 12.7. The van der Waals surface area contributed by atoms with Crippen LogP contribution in [0.3, 0.4) is 0 Å². The first kappa shape index (κ1) is 22.8. The Hall–Kier alpha value is 0.540. The van der Waals surface area contributed by atoms with E-state index in [2.05, 4.69) is 11.1 Å². The van der Waals surface area contributed by atoms with Crippen molar-refractivity contribution in [2.45, 2.75) is 71.1 Å². The number of carbonyl (C=O) groups is 1. The number of carbonyl (C=O) groups excluding carboxylic acids is 1. The van der Waals surface area contributed by atoms with Crippen LogP contribution in [0.25, 0.3) is 0 Å². The van der Waals surface area contributed by atoms with Gasteiger partial charge in [-0.05, 0) is 6.42 Å². The topological polar surface area (TPSA) is 83.5 Å². The van der Waals surface area contributed by atoms with E-state index >= 15 is 0 Å². The predicted octanol–water partition coefficient (Wildman–Crippen LogP) is -0.0428. The molecule has 0 aromatic rings.